The summed E-state index contributed by atoms with van der Waals surface area (Å²) in [5.41, 5.74) is 1.65. The maximum atomic E-state index is 13.3. The number of hydrogen-bond acceptors (Lipinski definition) is 5. The molecular weight excluding hydrogens is 539 g/mol. The highest BCUT2D eigenvalue weighted by molar-refractivity contribution is 5.97. The molecule has 4 rings (SSSR count). The lowest BCUT2D eigenvalue weighted by Crippen LogP contribution is -2.46. The zero-order chi connectivity index (χ0) is 30.1. The number of amides is 1. The largest absolute Gasteiger partial charge is 0.573 e. The van der Waals surface area contributed by atoms with Crippen molar-refractivity contribution < 1.29 is 37.7 Å². The standard InChI is InChI=1S/C30H40F3N3O5/c1-17-24(27(38)34-22-11-21(12-22)28(39)40)15-25(36(17)16-18-8-6-5-7-9-18)19-10-20(26(37)35-29(2,3)4)14-23(13-19)41-30(31,32)33/h10,13-15,18,21-22,26,35,37H,5-9,11-12,16H2,1-4H3,(H,34,38)(H,39,40). The molecule has 1 amide bonds. The van der Waals surface area contributed by atoms with Crippen LogP contribution in [0.4, 0.5) is 13.2 Å². The van der Waals surface area contributed by atoms with E-state index in [1.54, 1.807) is 12.1 Å². The summed E-state index contributed by atoms with van der Waals surface area (Å²) in [7, 11) is 0. The van der Waals surface area contributed by atoms with Crippen LogP contribution in [-0.2, 0) is 11.3 Å². The summed E-state index contributed by atoms with van der Waals surface area (Å²) in [4.78, 5) is 24.5. The van der Waals surface area contributed by atoms with Gasteiger partial charge < -0.3 is 24.8 Å². The van der Waals surface area contributed by atoms with Crippen molar-refractivity contribution in [2.45, 2.75) is 103 Å². The fourth-order valence-electron chi connectivity index (χ4n) is 5.79. The van der Waals surface area contributed by atoms with Crippen LogP contribution in [0.2, 0.25) is 0 Å². The lowest BCUT2D eigenvalue weighted by molar-refractivity contribution is -0.274. The van der Waals surface area contributed by atoms with Crippen LogP contribution in [0.15, 0.2) is 24.3 Å². The number of alkyl halides is 3. The Morgan fingerprint density at radius 2 is 1.73 bits per heavy atom. The Kier molecular flexibility index (Phi) is 9.08. The predicted molar refractivity (Wildman–Crippen MR) is 147 cm³/mol. The van der Waals surface area contributed by atoms with Gasteiger partial charge in [0.25, 0.3) is 5.91 Å². The van der Waals surface area contributed by atoms with E-state index in [9.17, 15) is 27.9 Å². The minimum atomic E-state index is -4.93. The molecule has 0 radical (unpaired) electrons. The molecule has 1 atom stereocenters. The first-order valence-corrected chi connectivity index (χ1v) is 14.2. The van der Waals surface area contributed by atoms with Gasteiger partial charge >= 0.3 is 12.3 Å². The van der Waals surface area contributed by atoms with Gasteiger partial charge in [-0.15, -0.1) is 13.2 Å². The van der Waals surface area contributed by atoms with Crippen molar-refractivity contribution in [3.63, 3.8) is 0 Å². The first-order valence-electron chi connectivity index (χ1n) is 14.2. The normalized spacial score (nSPS) is 20.8. The molecule has 1 unspecified atom stereocenters. The fourth-order valence-corrected chi connectivity index (χ4v) is 5.79. The van der Waals surface area contributed by atoms with E-state index in [0.29, 0.717) is 47.8 Å². The molecule has 8 nitrogen and oxygen atoms in total. The van der Waals surface area contributed by atoms with E-state index in [0.717, 1.165) is 31.7 Å². The second-order valence-corrected chi connectivity index (χ2v) is 12.5. The predicted octanol–water partition coefficient (Wildman–Crippen LogP) is 5.91. The van der Waals surface area contributed by atoms with Crippen LogP contribution < -0.4 is 15.4 Å². The van der Waals surface area contributed by atoms with Crippen molar-refractivity contribution in [1.82, 2.24) is 15.2 Å². The molecule has 0 bridgehead atoms. The second kappa shape index (κ2) is 12.1. The molecule has 2 fully saturated rings. The molecule has 2 aromatic rings. The molecule has 1 aromatic carbocycles. The average Bonchev–Trinajstić information content (AvgIpc) is 3.15. The minimum Gasteiger partial charge on any atom is -0.481 e. The maximum Gasteiger partial charge on any atom is 0.573 e. The number of aliphatic hydroxyl groups is 1. The first kappa shape index (κ1) is 30.9. The lowest BCUT2D eigenvalue weighted by Gasteiger charge is -2.32. The number of ether oxygens (including phenoxy) is 1. The molecule has 4 N–H and O–H groups in total. The number of nitrogens with zero attached hydrogens (tertiary/aromatic N) is 1. The number of aromatic nitrogens is 1. The third-order valence-corrected chi connectivity index (χ3v) is 7.94. The average molecular weight is 580 g/mol. The van der Waals surface area contributed by atoms with E-state index in [1.165, 1.54) is 12.5 Å². The summed E-state index contributed by atoms with van der Waals surface area (Å²) in [6, 6.07) is 5.47. The van der Waals surface area contributed by atoms with Crippen molar-refractivity contribution in [1.29, 1.82) is 0 Å². The van der Waals surface area contributed by atoms with E-state index in [1.807, 2.05) is 32.3 Å². The Balaban J connectivity index is 1.74. The number of carboxylic acid groups (broad SMARTS) is 1. The smallest absolute Gasteiger partial charge is 0.481 e. The molecule has 0 spiro atoms. The van der Waals surface area contributed by atoms with Gasteiger partial charge in [-0.05, 0) is 89.1 Å². The molecule has 226 valence electrons. The van der Waals surface area contributed by atoms with Crippen LogP contribution >= 0.6 is 0 Å². The number of aliphatic hydroxyl groups excluding tert-OH is 1. The number of carboxylic acids is 1. The van der Waals surface area contributed by atoms with Crippen molar-refractivity contribution in [3.8, 4) is 17.0 Å². The summed E-state index contributed by atoms with van der Waals surface area (Å²) in [6.45, 7) is 7.91. The Morgan fingerprint density at radius 1 is 1.07 bits per heavy atom. The highest BCUT2D eigenvalue weighted by Gasteiger charge is 2.36. The number of benzene rings is 1. The number of nitrogens with one attached hydrogen (secondary N) is 2. The van der Waals surface area contributed by atoms with Gasteiger partial charge in [0.15, 0.2) is 0 Å². The number of carbonyl (C=O) groups is 2. The first-order chi connectivity index (χ1) is 19.1. The highest BCUT2D eigenvalue weighted by atomic mass is 19.4. The van der Waals surface area contributed by atoms with E-state index >= 15 is 0 Å². The lowest BCUT2D eigenvalue weighted by atomic mass is 9.80. The van der Waals surface area contributed by atoms with Crippen molar-refractivity contribution in [2.24, 2.45) is 11.8 Å². The van der Waals surface area contributed by atoms with Crippen LogP contribution in [0.25, 0.3) is 11.3 Å². The molecule has 41 heavy (non-hydrogen) atoms. The van der Waals surface area contributed by atoms with Gasteiger partial charge in [0.2, 0.25) is 0 Å². The Morgan fingerprint density at radius 3 is 2.32 bits per heavy atom. The second-order valence-electron chi connectivity index (χ2n) is 12.5. The van der Waals surface area contributed by atoms with Crippen LogP contribution in [0.3, 0.4) is 0 Å². The summed E-state index contributed by atoms with van der Waals surface area (Å²) < 4.78 is 46.1. The van der Waals surface area contributed by atoms with Crippen LogP contribution in [0.5, 0.6) is 5.75 Å². The third kappa shape index (κ3) is 8.03. The Bertz CT molecular complexity index is 1260. The van der Waals surface area contributed by atoms with Gasteiger partial charge in [-0.3, -0.25) is 14.9 Å². The third-order valence-electron chi connectivity index (χ3n) is 7.94. The molecule has 2 saturated carbocycles. The number of hydrogen-bond donors (Lipinski definition) is 4. The maximum absolute atomic E-state index is 13.3. The highest BCUT2D eigenvalue weighted by Crippen LogP contribution is 2.36. The molecule has 0 saturated heterocycles. The van der Waals surface area contributed by atoms with Crippen molar-refractivity contribution >= 4 is 11.9 Å². The monoisotopic (exact) mass is 579 g/mol. The number of rotatable bonds is 9. The van der Waals surface area contributed by atoms with Crippen molar-refractivity contribution in [2.75, 3.05) is 0 Å². The summed E-state index contributed by atoms with van der Waals surface area (Å²) in [5.74, 6) is -1.82. The summed E-state index contributed by atoms with van der Waals surface area (Å²) in [6.07, 6.45) is -0.0744. The topological polar surface area (TPSA) is 113 Å². The van der Waals surface area contributed by atoms with Gasteiger partial charge in [0.05, 0.1) is 11.5 Å². The number of carbonyl (C=O) groups excluding carboxylic acids is 1. The van der Waals surface area contributed by atoms with E-state index < -0.39 is 35.8 Å². The molecule has 11 heteroatoms. The van der Waals surface area contributed by atoms with Gasteiger partial charge in [0.1, 0.15) is 12.0 Å². The van der Waals surface area contributed by atoms with E-state index in [2.05, 4.69) is 15.4 Å². The fraction of sp³-hybridized carbons (Fsp3) is 0.600. The van der Waals surface area contributed by atoms with Gasteiger partial charge in [-0.25, -0.2) is 0 Å². The summed E-state index contributed by atoms with van der Waals surface area (Å²) in [5, 5.41) is 25.9. The summed E-state index contributed by atoms with van der Waals surface area (Å²) >= 11 is 0. The molecule has 1 heterocycles. The Hall–Kier alpha value is -3.05. The van der Waals surface area contributed by atoms with E-state index in [-0.39, 0.29) is 17.5 Å². The zero-order valence-electron chi connectivity index (χ0n) is 24.0. The van der Waals surface area contributed by atoms with Crippen LogP contribution in [-0.4, -0.2) is 44.6 Å². The van der Waals surface area contributed by atoms with Crippen LogP contribution in [0.1, 0.15) is 93.6 Å². The molecule has 0 aliphatic heterocycles. The van der Waals surface area contributed by atoms with Gasteiger partial charge in [0, 0.05) is 35.1 Å². The number of halogens is 3. The Labute approximate surface area is 238 Å². The van der Waals surface area contributed by atoms with Crippen molar-refractivity contribution in [3.05, 3.63) is 41.1 Å². The molecule has 1 aromatic heterocycles. The quantitative estimate of drug-likeness (QED) is 0.275. The minimum absolute atomic E-state index is 0.194. The zero-order valence-corrected chi connectivity index (χ0v) is 24.0. The molecular formula is C30H40F3N3O5. The molecule has 2 aliphatic rings. The SMILES string of the molecule is Cc1c(C(=O)NC2CC(C(=O)O)C2)cc(-c2cc(OC(F)(F)F)cc(C(O)NC(C)(C)C)c2)n1CC1CCCCC1. The number of aliphatic carboxylic acids is 1. The van der Waals surface area contributed by atoms with E-state index in [4.69, 9.17) is 5.11 Å². The van der Waals surface area contributed by atoms with Crippen LogP contribution in [0, 0.1) is 18.8 Å². The van der Waals surface area contributed by atoms with Gasteiger partial charge in [-0.2, -0.15) is 0 Å². The molecule has 2 aliphatic carbocycles. The van der Waals surface area contributed by atoms with Gasteiger partial charge in [-0.1, -0.05) is 19.3 Å².